The third kappa shape index (κ3) is 5.53. The van der Waals surface area contributed by atoms with Crippen molar-refractivity contribution in [3.05, 3.63) is 54.6 Å². The molecule has 0 saturated carbocycles. The molecule has 0 aromatic heterocycles. The van der Waals surface area contributed by atoms with Gasteiger partial charge in [0.2, 0.25) is 0 Å². The van der Waals surface area contributed by atoms with Crippen LogP contribution < -0.4 is 15.0 Å². The molecule has 0 fully saturated rings. The van der Waals surface area contributed by atoms with Crippen molar-refractivity contribution in [2.45, 2.75) is 26.4 Å². The Morgan fingerprint density at radius 2 is 1.84 bits per heavy atom. The Hall–Kier alpha value is -3.02. The molecule has 6 nitrogen and oxygen atoms in total. The molecule has 0 aliphatic rings. The minimum Gasteiger partial charge on any atom is -0.446 e. The number of carbonyl (C=O) groups is 2. The van der Waals surface area contributed by atoms with Crippen molar-refractivity contribution in [2.24, 2.45) is 0 Å². The summed E-state index contributed by atoms with van der Waals surface area (Å²) in [7, 11) is 1.63. The largest absolute Gasteiger partial charge is 0.446 e. The van der Waals surface area contributed by atoms with Crippen LogP contribution in [0.1, 0.15) is 20.3 Å². The summed E-state index contributed by atoms with van der Waals surface area (Å²) >= 11 is 0. The molecule has 2 aromatic rings. The summed E-state index contributed by atoms with van der Waals surface area (Å²) < 4.78 is 10.5. The van der Waals surface area contributed by atoms with E-state index in [0.29, 0.717) is 11.4 Å². The molecule has 2 amide bonds. The van der Waals surface area contributed by atoms with Gasteiger partial charge in [-0.25, -0.2) is 9.59 Å². The molecule has 0 aliphatic carbocycles. The van der Waals surface area contributed by atoms with Crippen molar-refractivity contribution in [1.82, 2.24) is 0 Å². The Morgan fingerprint density at radius 3 is 2.52 bits per heavy atom. The predicted octanol–water partition coefficient (Wildman–Crippen LogP) is 4.67. The molecule has 1 N–H and O–H groups in total. The van der Waals surface area contributed by atoms with Gasteiger partial charge in [-0.3, -0.25) is 10.2 Å². The predicted molar refractivity (Wildman–Crippen MR) is 97.2 cm³/mol. The number of nitrogens with one attached hydrogen (secondary N) is 1. The fourth-order valence-electron chi connectivity index (χ4n) is 1.98. The maximum absolute atomic E-state index is 12.2. The normalized spacial score (nSPS) is 11.3. The molecule has 25 heavy (non-hydrogen) atoms. The van der Waals surface area contributed by atoms with Gasteiger partial charge in [0.15, 0.2) is 0 Å². The van der Waals surface area contributed by atoms with Gasteiger partial charge in [-0.15, -0.1) is 0 Å². The average Bonchev–Trinajstić information content (AvgIpc) is 2.61. The molecule has 0 radical (unpaired) electrons. The highest BCUT2D eigenvalue weighted by Crippen LogP contribution is 2.20. The topological polar surface area (TPSA) is 67.9 Å². The van der Waals surface area contributed by atoms with E-state index in [4.69, 9.17) is 9.47 Å². The molecule has 0 heterocycles. The van der Waals surface area contributed by atoms with Crippen LogP contribution in [0.15, 0.2) is 54.6 Å². The number of hydrogen-bond acceptors (Lipinski definition) is 4. The number of benzene rings is 2. The molecular weight excluding hydrogens is 320 g/mol. The number of ether oxygens (including phenoxy) is 2. The maximum Gasteiger partial charge on any atom is 0.419 e. The molecule has 2 aromatic carbocycles. The average molecular weight is 342 g/mol. The first-order valence-corrected chi connectivity index (χ1v) is 8.08. The van der Waals surface area contributed by atoms with Crippen LogP contribution in [0.5, 0.6) is 5.75 Å². The summed E-state index contributed by atoms with van der Waals surface area (Å²) in [5.41, 5.74) is 1.21. The van der Waals surface area contributed by atoms with Crippen LogP contribution in [0.4, 0.5) is 21.0 Å². The van der Waals surface area contributed by atoms with Crippen molar-refractivity contribution >= 4 is 23.6 Å². The minimum absolute atomic E-state index is 0.166. The number of rotatable bonds is 5. The summed E-state index contributed by atoms with van der Waals surface area (Å²) in [6.07, 6.45) is -0.498. The number of hydrogen-bond donors (Lipinski definition) is 1. The Balaban J connectivity index is 1.99. The summed E-state index contributed by atoms with van der Waals surface area (Å²) in [6, 6.07) is 15.8. The summed E-state index contributed by atoms with van der Waals surface area (Å²) in [5, 5.41) is 2.62. The van der Waals surface area contributed by atoms with Crippen LogP contribution in [0.3, 0.4) is 0 Å². The van der Waals surface area contributed by atoms with Gasteiger partial charge >= 0.3 is 12.2 Å². The molecular formula is C19H22N2O4. The monoisotopic (exact) mass is 342 g/mol. The lowest BCUT2D eigenvalue weighted by atomic mass is 10.3. The lowest BCUT2D eigenvalue weighted by Crippen LogP contribution is -2.29. The lowest BCUT2D eigenvalue weighted by Gasteiger charge is -2.17. The van der Waals surface area contributed by atoms with Gasteiger partial charge in [0.25, 0.3) is 0 Å². The smallest absolute Gasteiger partial charge is 0.419 e. The minimum atomic E-state index is -0.542. The van der Waals surface area contributed by atoms with Crippen LogP contribution in [-0.2, 0) is 4.74 Å². The van der Waals surface area contributed by atoms with Crippen molar-refractivity contribution in [3.8, 4) is 5.75 Å². The quantitative estimate of drug-likeness (QED) is 0.857. The molecule has 1 unspecified atom stereocenters. The SMILES string of the molecule is CCC(C)OC(=O)Nc1cccc(OC(=O)N(C)c2ccccc2)c1. The van der Waals surface area contributed by atoms with E-state index in [9.17, 15) is 9.59 Å². The maximum atomic E-state index is 12.2. The highest BCUT2D eigenvalue weighted by atomic mass is 16.6. The number of nitrogens with zero attached hydrogens (tertiary/aromatic N) is 1. The summed E-state index contributed by atoms with van der Waals surface area (Å²) in [4.78, 5) is 25.4. The van der Waals surface area contributed by atoms with Crippen molar-refractivity contribution < 1.29 is 19.1 Å². The van der Waals surface area contributed by atoms with E-state index in [0.717, 1.165) is 12.1 Å². The summed E-state index contributed by atoms with van der Waals surface area (Å²) in [5.74, 6) is 0.328. The van der Waals surface area contributed by atoms with E-state index in [1.54, 1.807) is 31.3 Å². The van der Waals surface area contributed by atoms with Crippen molar-refractivity contribution in [2.75, 3.05) is 17.3 Å². The van der Waals surface area contributed by atoms with E-state index in [1.807, 2.05) is 44.2 Å². The molecule has 0 spiro atoms. The first kappa shape index (κ1) is 18.3. The molecule has 0 aliphatic heterocycles. The zero-order chi connectivity index (χ0) is 18.2. The molecule has 0 bridgehead atoms. The second-order valence-corrected chi connectivity index (χ2v) is 5.54. The van der Waals surface area contributed by atoms with Gasteiger partial charge in [-0.1, -0.05) is 31.2 Å². The third-order valence-corrected chi connectivity index (χ3v) is 3.59. The molecule has 1 atom stereocenters. The molecule has 132 valence electrons. The Labute approximate surface area is 147 Å². The van der Waals surface area contributed by atoms with Crippen molar-refractivity contribution in [1.29, 1.82) is 0 Å². The van der Waals surface area contributed by atoms with Crippen LogP contribution in [0.2, 0.25) is 0 Å². The number of carbonyl (C=O) groups excluding carboxylic acids is 2. The van der Waals surface area contributed by atoms with Crippen LogP contribution in [0, 0.1) is 0 Å². The van der Waals surface area contributed by atoms with E-state index in [1.165, 1.54) is 4.90 Å². The van der Waals surface area contributed by atoms with Gasteiger partial charge in [0.1, 0.15) is 11.9 Å². The lowest BCUT2D eigenvalue weighted by molar-refractivity contribution is 0.118. The molecule has 6 heteroatoms. The number of anilines is 2. The highest BCUT2D eigenvalue weighted by Gasteiger charge is 2.14. The number of amides is 2. The second-order valence-electron chi connectivity index (χ2n) is 5.54. The van der Waals surface area contributed by atoms with E-state index in [2.05, 4.69) is 5.32 Å². The van der Waals surface area contributed by atoms with Gasteiger partial charge in [0, 0.05) is 24.5 Å². The van der Waals surface area contributed by atoms with Gasteiger partial charge in [-0.05, 0) is 37.6 Å². The third-order valence-electron chi connectivity index (χ3n) is 3.59. The van der Waals surface area contributed by atoms with Gasteiger partial charge in [-0.2, -0.15) is 0 Å². The zero-order valence-corrected chi connectivity index (χ0v) is 14.6. The molecule has 0 saturated heterocycles. The van der Waals surface area contributed by atoms with Crippen LogP contribution >= 0.6 is 0 Å². The van der Waals surface area contributed by atoms with Gasteiger partial charge in [0.05, 0.1) is 0 Å². The molecule has 2 rings (SSSR count). The first-order chi connectivity index (χ1) is 12.0. The number of para-hydroxylation sites is 1. The zero-order valence-electron chi connectivity index (χ0n) is 14.6. The Kier molecular flexibility index (Phi) is 6.39. The van der Waals surface area contributed by atoms with Crippen molar-refractivity contribution in [3.63, 3.8) is 0 Å². The van der Waals surface area contributed by atoms with E-state index >= 15 is 0 Å². The standard InChI is InChI=1S/C19H22N2O4/c1-4-14(2)24-18(22)20-15-9-8-12-17(13-15)25-19(23)21(3)16-10-6-5-7-11-16/h5-14H,4H2,1-3H3,(H,20,22). The highest BCUT2D eigenvalue weighted by molar-refractivity contribution is 5.89. The Morgan fingerprint density at radius 1 is 1.12 bits per heavy atom. The second kappa shape index (κ2) is 8.73. The van der Waals surface area contributed by atoms with Gasteiger partial charge < -0.3 is 9.47 Å². The fraction of sp³-hybridized carbons (Fsp3) is 0.263. The first-order valence-electron chi connectivity index (χ1n) is 8.08. The van der Waals surface area contributed by atoms with E-state index < -0.39 is 12.2 Å². The van der Waals surface area contributed by atoms with Crippen LogP contribution in [0.25, 0.3) is 0 Å². The summed E-state index contributed by atoms with van der Waals surface area (Å²) in [6.45, 7) is 3.75. The Bertz CT molecular complexity index is 718. The van der Waals surface area contributed by atoms with Crippen LogP contribution in [-0.4, -0.2) is 25.3 Å². The van der Waals surface area contributed by atoms with E-state index in [-0.39, 0.29) is 6.10 Å². The fourth-order valence-corrected chi connectivity index (χ4v) is 1.98.